The van der Waals surface area contributed by atoms with Gasteiger partial charge in [-0.3, -0.25) is 19.1 Å². The SMILES string of the molecule is COc1cccc2c(O[C@@H]3C[C@H]4C(=O)N[C@]5(C(=O)NS(=O)(=O)C6(C)CC6)C[C@H]5/C=C\CC[C@H](C)C[C@@H](C)[C@H](NC(=O)OC(C)(C)C)C(=O)N4C3)nccc12.[HH].[HH].[HH]. The van der Waals surface area contributed by atoms with Crippen LogP contribution < -0.4 is 24.8 Å². The maximum absolute atomic E-state index is 14.7. The van der Waals surface area contributed by atoms with Gasteiger partial charge in [0.2, 0.25) is 27.7 Å². The number of carbonyl (C=O) groups excluding carboxylic acids is 4. The molecule has 0 bridgehead atoms. The Morgan fingerprint density at radius 2 is 1.83 bits per heavy atom. The van der Waals surface area contributed by atoms with Crippen molar-refractivity contribution in [1.82, 2.24) is 25.2 Å². The highest BCUT2D eigenvalue weighted by atomic mass is 32.2. The lowest BCUT2D eigenvalue weighted by Crippen LogP contribution is -2.59. The van der Waals surface area contributed by atoms with Crippen LogP contribution in [0.2, 0.25) is 0 Å². The first-order valence-corrected chi connectivity index (χ1v) is 20.3. The fourth-order valence-corrected chi connectivity index (χ4v) is 8.92. The lowest BCUT2D eigenvalue weighted by molar-refractivity contribution is -0.142. The van der Waals surface area contributed by atoms with Crippen molar-refractivity contribution in [2.75, 3.05) is 13.7 Å². The highest BCUT2D eigenvalue weighted by molar-refractivity contribution is 7.91. The molecule has 3 fully saturated rings. The van der Waals surface area contributed by atoms with Crippen LogP contribution in [0.1, 0.15) is 90.8 Å². The lowest BCUT2D eigenvalue weighted by Gasteiger charge is -2.33. The van der Waals surface area contributed by atoms with Crippen molar-refractivity contribution in [3.63, 3.8) is 0 Å². The van der Waals surface area contributed by atoms with Gasteiger partial charge in [0, 0.05) is 33.6 Å². The molecule has 0 unspecified atom stereocenters. The van der Waals surface area contributed by atoms with E-state index in [1.165, 1.54) is 4.90 Å². The van der Waals surface area contributed by atoms with Crippen LogP contribution in [-0.2, 0) is 29.1 Å². The molecule has 14 nitrogen and oxygen atoms in total. The fraction of sp³-hybridized carbons (Fsp3) is 0.615. The third kappa shape index (κ3) is 8.15. The molecule has 2 aromatic rings. The number of carbonyl (C=O) groups is 4. The molecule has 54 heavy (non-hydrogen) atoms. The summed E-state index contributed by atoms with van der Waals surface area (Å²) in [5.74, 6) is -1.64. The minimum Gasteiger partial charge on any atom is -0.496 e. The van der Waals surface area contributed by atoms with E-state index in [-0.39, 0.29) is 35.5 Å². The van der Waals surface area contributed by atoms with Crippen LogP contribution in [0.3, 0.4) is 0 Å². The maximum atomic E-state index is 14.7. The van der Waals surface area contributed by atoms with E-state index in [1.807, 2.05) is 37.3 Å². The van der Waals surface area contributed by atoms with Crippen molar-refractivity contribution >= 4 is 44.6 Å². The summed E-state index contributed by atoms with van der Waals surface area (Å²) >= 11 is 0. The molecule has 6 rings (SSSR count). The number of nitrogens with one attached hydrogen (secondary N) is 3. The Bertz CT molecular complexity index is 1960. The van der Waals surface area contributed by atoms with E-state index < -0.39 is 73.8 Å². The molecule has 4 amide bonds. The number of allylic oxidation sites excluding steroid dienone is 1. The molecule has 7 atom stereocenters. The molecule has 1 aromatic carbocycles. The first kappa shape index (κ1) is 39.3. The lowest BCUT2D eigenvalue weighted by atomic mass is 9.88. The van der Waals surface area contributed by atoms with Crippen molar-refractivity contribution in [2.45, 2.75) is 121 Å². The van der Waals surface area contributed by atoms with Crippen LogP contribution in [0.15, 0.2) is 42.6 Å². The Hall–Kier alpha value is -4.40. The summed E-state index contributed by atoms with van der Waals surface area (Å²) in [6, 6.07) is 5.11. The van der Waals surface area contributed by atoms with E-state index in [2.05, 4.69) is 27.3 Å². The molecule has 0 spiro atoms. The zero-order valence-corrected chi connectivity index (χ0v) is 33.0. The molecule has 2 aliphatic carbocycles. The summed E-state index contributed by atoms with van der Waals surface area (Å²) < 4.78 is 45.1. The van der Waals surface area contributed by atoms with Gasteiger partial charge < -0.3 is 29.7 Å². The summed E-state index contributed by atoms with van der Waals surface area (Å²) in [5, 5.41) is 7.16. The predicted molar refractivity (Wildman–Crippen MR) is 207 cm³/mol. The van der Waals surface area contributed by atoms with Crippen LogP contribution in [0.5, 0.6) is 11.6 Å². The summed E-state index contributed by atoms with van der Waals surface area (Å²) in [4.78, 5) is 62.2. The molecule has 3 heterocycles. The standard InChI is InChI=1S/C39H53N5O9S.3H2/c1-23-11-8-9-12-25-21-39(25,35(47)43-54(49,50)38(6)16-17-38)42-32(45)29-20-26(52-33-28-13-10-14-30(51-7)27(28)15-18-40-33)22-44(29)34(46)31(24(2)19-23)41-36(48)53-37(3,4)5;;;/h9-10,12-15,18,23-26,29,31H,8,11,16-17,19-22H2,1-7H3,(H,41,48)(H,42,45)(H,43,47);3*1H/b12-9-;;;/t23-,24+,25+,26+,29-,31-,39+;;;/m0.../s1. The number of nitrogens with zero attached hydrogens (tertiary/aromatic N) is 2. The van der Waals surface area contributed by atoms with Gasteiger partial charge in [0.1, 0.15) is 35.1 Å². The number of aromatic nitrogens is 1. The van der Waals surface area contributed by atoms with Gasteiger partial charge in [0.25, 0.3) is 5.91 Å². The number of rotatable bonds is 7. The predicted octanol–water partition coefficient (Wildman–Crippen LogP) is 5.11. The number of pyridine rings is 1. The number of hydrogen-bond acceptors (Lipinski definition) is 10. The van der Waals surface area contributed by atoms with Crippen LogP contribution in [0.25, 0.3) is 10.8 Å². The van der Waals surface area contributed by atoms with Gasteiger partial charge >= 0.3 is 6.09 Å². The number of benzene rings is 1. The molecule has 1 aromatic heterocycles. The number of sulfonamides is 1. The van der Waals surface area contributed by atoms with E-state index >= 15 is 0 Å². The summed E-state index contributed by atoms with van der Waals surface area (Å²) in [5.41, 5.74) is -2.35. The third-order valence-electron chi connectivity index (χ3n) is 11.1. The van der Waals surface area contributed by atoms with E-state index in [0.29, 0.717) is 42.7 Å². The summed E-state index contributed by atoms with van der Waals surface area (Å²) in [7, 11) is -2.43. The van der Waals surface area contributed by atoms with Crippen LogP contribution >= 0.6 is 0 Å². The number of fused-ring (bicyclic) bond motifs is 3. The van der Waals surface area contributed by atoms with Gasteiger partial charge in [0.15, 0.2) is 0 Å². The molecule has 2 saturated carbocycles. The second-order valence-electron chi connectivity index (χ2n) is 16.8. The molecule has 2 aliphatic heterocycles. The molecule has 3 N–H and O–H groups in total. The van der Waals surface area contributed by atoms with E-state index in [1.54, 1.807) is 47.1 Å². The van der Waals surface area contributed by atoms with E-state index in [9.17, 15) is 27.6 Å². The molecule has 0 radical (unpaired) electrons. The average Bonchev–Trinajstić information content (AvgIpc) is 3.97. The zero-order valence-electron chi connectivity index (χ0n) is 32.1. The Morgan fingerprint density at radius 3 is 2.52 bits per heavy atom. The molecule has 300 valence electrons. The van der Waals surface area contributed by atoms with E-state index in [0.717, 1.165) is 11.8 Å². The number of methoxy groups -OCH3 is 1. The average molecular weight is 774 g/mol. The largest absolute Gasteiger partial charge is 0.496 e. The highest BCUT2D eigenvalue weighted by Gasteiger charge is 2.63. The van der Waals surface area contributed by atoms with Gasteiger partial charge in [0.05, 0.1) is 18.4 Å². The smallest absolute Gasteiger partial charge is 0.408 e. The van der Waals surface area contributed by atoms with Crippen LogP contribution in [-0.4, -0.2) is 89.8 Å². The topological polar surface area (TPSA) is 182 Å². The highest BCUT2D eigenvalue weighted by Crippen LogP contribution is 2.47. The van der Waals surface area contributed by atoms with Crippen LogP contribution in [0.4, 0.5) is 4.79 Å². The summed E-state index contributed by atoms with van der Waals surface area (Å²) in [6.45, 7) is 10.7. The van der Waals surface area contributed by atoms with Gasteiger partial charge in [-0.1, -0.05) is 32.1 Å². The number of hydrogen-bond donors (Lipinski definition) is 3. The van der Waals surface area contributed by atoms with Crippen molar-refractivity contribution in [2.24, 2.45) is 17.8 Å². The Morgan fingerprint density at radius 1 is 1.09 bits per heavy atom. The Balaban J connectivity index is 0.00000290. The molecule has 1 saturated heterocycles. The first-order valence-electron chi connectivity index (χ1n) is 18.8. The fourth-order valence-electron chi connectivity index (χ4n) is 7.61. The molecular formula is C39H59N5O9S. The van der Waals surface area contributed by atoms with Crippen molar-refractivity contribution in [3.05, 3.63) is 42.6 Å². The van der Waals surface area contributed by atoms with E-state index in [4.69, 9.17) is 14.2 Å². The maximum Gasteiger partial charge on any atom is 0.408 e. The minimum atomic E-state index is -4.00. The van der Waals surface area contributed by atoms with Gasteiger partial charge in [-0.2, -0.15) is 0 Å². The monoisotopic (exact) mass is 773 g/mol. The summed E-state index contributed by atoms with van der Waals surface area (Å²) in [6.07, 6.45) is 7.11. The Labute approximate surface area is 321 Å². The second-order valence-corrected chi connectivity index (χ2v) is 19.0. The number of amides is 4. The molecule has 4 aliphatic rings. The third-order valence-corrected chi connectivity index (χ3v) is 13.3. The first-order chi connectivity index (χ1) is 25.4. The normalized spacial score (nSPS) is 30.4. The molecule has 15 heteroatoms. The Kier molecular flexibility index (Phi) is 10.7. The van der Waals surface area contributed by atoms with Gasteiger partial charge in [-0.15, -0.1) is 0 Å². The molecular weight excluding hydrogens is 715 g/mol. The van der Waals surface area contributed by atoms with Gasteiger partial charge in [-0.25, -0.2) is 18.2 Å². The van der Waals surface area contributed by atoms with Crippen LogP contribution in [0, 0.1) is 17.8 Å². The van der Waals surface area contributed by atoms with Crippen molar-refractivity contribution in [1.29, 1.82) is 0 Å². The number of alkyl carbamates (subject to hydrolysis) is 1. The van der Waals surface area contributed by atoms with Gasteiger partial charge in [-0.05, 0) is 96.3 Å². The number of ether oxygens (including phenoxy) is 3. The van der Waals surface area contributed by atoms with Crippen molar-refractivity contribution in [3.8, 4) is 11.6 Å². The second kappa shape index (κ2) is 14.7. The van der Waals surface area contributed by atoms with Crippen molar-refractivity contribution < 1.29 is 46.1 Å². The zero-order chi connectivity index (χ0) is 39.2. The minimum absolute atomic E-state index is 0. The quantitative estimate of drug-likeness (QED) is 0.320.